The highest BCUT2D eigenvalue weighted by atomic mass is 19.4. The largest absolute Gasteiger partial charge is 0.416 e. The minimum atomic E-state index is -4.53. The van der Waals surface area contributed by atoms with Gasteiger partial charge >= 0.3 is 6.18 Å². The van der Waals surface area contributed by atoms with Crippen LogP contribution in [0.5, 0.6) is 0 Å². The number of aromatic nitrogens is 1. The number of anilines is 1. The molecule has 2 nitrogen and oxygen atoms in total. The number of rotatable bonds is 3. The van der Waals surface area contributed by atoms with Gasteiger partial charge in [0.15, 0.2) is 5.82 Å². The van der Waals surface area contributed by atoms with E-state index in [9.17, 15) is 17.6 Å². The number of pyridine rings is 1. The maximum Gasteiger partial charge on any atom is 0.416 e. The van der Waals surface area contributed by atoms with E-state index in [2.05, 4.69) is 18.1 Å². The minimum Gasteiger partial charge on any atom is -0.396 e. The van der Waals surface area contributed by atoms with Crippen molar-refractivity contribution in [2.24, 2.45) is 0 Å². The third-order valence-electron chi connectivity index (χ3n) is 3.47. The normalized spacial score (nSPS) is 11.4. The fourth-order valence-corrected chi connectivity index (χ4v) is 2.35. The number of nitrogen functional groups attached to an aromatic ring is 1. The maximum absolute atomic E-state index is 14.8. The van der Waals surface area contributed by atoms with Gasteiger partial charge in [-0.1, -0.05) is 25.3 Å². The Labute approximate surface area is 137 Å². The zero-order chi connectivity index (χ0) is 18.2. The smallest absolute Gasteiger partial charge is 0.396 e. The Balaban J connectivity index is 2.80. The molecular weight excluding hydrogens is 320 g/mol. The molecule has 1 heterocycles. The van der Waals surface area contributed by atoms with E-state index in [0.717, 1.165) is 12.1 Å². The molecule has 0 radical (unpaired) electrons. The molecule has 1 aromatic carbocycles. The molecule has 2 aromatic rings. The molecule has 0 bridgehead atoms. The molecule has 0 aliphatic carbocycles. The van der Waals surface area contributed by atoms with Gasteiger partial charge in [-0.15, -0.1) is 0 Å². The summed E-state index contributed by atoms with van der Waals surface area (Å²) in [5, 5.41) is 0. The maximum atomic E-state index is 14.8. The van der Waals surface area contributed by atoms with Crippen LogP contribution >= 0.6 is 0 Å². The third kappa shape index (κ3) is 3.18. The van der Waals surface area contributed by atoms with Gasteiger partial charge in [0.2, 0.25) is 0 Å². The van der Waals surface area contributed by atoms with Crippen LogP contribution in [0, 0.1) is 5.82 Å². The molecular formula is C18H16F4N2. The van der Waals surface area contributed by atoms with Crippen LogP contribution in [0.3, 0.4) is 0 Å². The van der Waals surface area contributed by atoms with Crippen molar-refractivity contribution in [1.82, 2.24) is 4.98 Å². The molecule has 0 aliphatic heterocycles. The van der Waals surface area contributed by atoms with E-state index >= 15 is 0 Å². The number of nitrogens with zero attached hydrogens (tertiary/aromatic N) is 1. The molecule has 24 heavy (non-hydrogen) atoms. The number of halogens is 4. The van der Waals surface area contributed by atoms with E-state index in [4.69, 9.17) is 5.73 Å². The van der Waals surface area contributed by atoms with Crippen LogP contribution in [0.2, 0.25) is 0 Å². The standard InChI is InChI=1S/C18H16F4N2/c1-9(2)13-14(19)17(24-16(10(3)4)15(13)23)11-6-5-7-12(8-11)18(20,21)22/h5-8H,1,3,23H2,2,4H3. The lowest BCUT2D eigenvalue weighted by atomic mass is 9.98. The van der Waals surface area contributed by atoms with Gasteiger partial charge in [0.1, 0.15) is 5.69 Å². The first-order chi connectivity index (χ1) is 11.0. The topological polar surface area (TPSA) is 38.9 Å². The summed E-state index contributed by atoms with van der Waals surface area (Å²) >= 11 is 0. The Morgan fingerprint density at radius 2 is 1.75 bits per heavy atom. The van der Waals surface area contributed by atoms with E-state index in [1.54, 1.807) is 13.8 Å². The summed E-state index contributed by atoms with van der Waals surface area (Å²) in [6, 6.07) is 4.34. The molecule has 0 spiro atoms. The van der Waals surface area contributed by atoms with E-state index in [-0.39, 0.29) is 28.2 Å². The zero-order valence-electron chi connectivity index (χ0n) is 13.3. The van der Waals surface area contributed by atoms with Crippen molar-refractivity contribution in [1.29, 1.82) is 0 Å². The molecule has 0 aliphatic rings. The predicted octanol–water partition coefficient (Wildman–Crippen LogP) is 5.55. The van der Waals surface area contributed by atoms with Crippen molar-refractivity contribution in [3.8, 4) is 11.3 Å². The molecule has 0 unspecified atom stereocenters. The third-order valence-corrected chi connectivity index (χ3v) is 3.47. The molecule has 0 fully saturated rings. The van der Waals surface area contributed by atoms with Crippen LogP contribution in [0.4, 0.5) is 23.2 Å². The van der Waals surface area contributed by atoms with Gasteiger partial charge in [-0.2, -0.15) is 13.2 Å². The van der Waals surface area contributed by atoms with E-state index in [1.807, 2.05) is 0 Å². The summed E-state index contributed by atoms with van der Waals surface area (Å²) in [6.07, 6.45) is -4.53. The predicted molar refractivity (Wildman–Crippen MR) is 88.5 cm³/mol. The summed E-state index contributed by atoms with van der Waals surface area (Å²) in [5.74, 6) is -0.802. The van der Waals surface area contributed by atoms with Gasteiger partial charge in [0.05, 0.1) is 16.9 Å². The molecule has 0 atom stereocenters. The number of allylic oxidation sites excluding steroid dienone is 2. The first-order valence-electron chi connectivity index (χ1n) is 7.02. The lowest BCUT2D eigenvalue weighted by Gasteiger charge is -2.16. The summed E-state index contributed by atoms with van der Waals surface area (Å²) in [4.78, 5) is 4.10. The van der Waals surface area contributed by atoms with Crippen molar-refractivity contribution < 1.29 is 17.6 Å². The van der Waals surface area contributed by atoms with Gasteiger partial charge in [-0.25, -0.2) is 9.37 Å². The van der Waals surface area contributed by atoms with Crippen molar-refractivity contribution in [3.63, 3.8) is 0 Å². The molecule has 0 amide bonds. The van der Waals surface area contributed by atoms with Crippen LogP contribution in [0.15, 0.2) is 37.4 Å². The summed E-state index contributed by atoms with van der Waals surface area (Å²) in [6.45, 7) is 10.6. The second-order valence-corrected chi connectivity index (χ2v) is 5.55. The Morgan fingerprint density at radius 1 is 1.12 bits per heavy atom. The van der Waals surface area contributed by atoms with Gasteiger partial charge in [0.25, 0.3) is 0 Å². The molecule has 0 saturated heterocycles. The summed E-state index contributed by atoms with van der Waals surface area (Å²) in [5.41, 5.74) is 6.01. The highest BCUT2D eigenvalue weighted by Crippen LogP contribution is 2.37. The van der Waals surface area contributed by atoms with Gasteiger partial charge < -0.3 is 5.73 Å². The number of hydrogen-bond acceptors (Lipinski definition) is 2. The van der Waals surface area contributed by atoms with E-state index in [1.165, 1.54) is 12.1 Å². The van der Waals surface area contributed by atoms with Crippen LogP contribution in [-0.2, 0) is 6.18 Å². The fourth-order valence-electron chi connectivity index (χ4n) is 2.35. The fraction of sp³-hybridized carbons (Fsp3) is 0.167. The van der Waals surface area contributed by atoms with Gasteiger partial charge in [-0.3, -0.25) is 0 Å². The number of nitrogens with two attached hydrogens (primary N) is 1. The van der Waals surface area contributed by atoms with Crippen LogP contribution in [0.25, 0.3) is 22.4 Å². The second-order valence-electron chi connectivity index (χ2n) is 5.55. The Morgan fingerprint density at radius 3 is 2.25 bits per heavy atom. The van der Waals surface area contributed by atoms with Crippen molar-refractivity contribution in [2.75, 3.05) is 5.73 Å². The monoisotopic (exact) mass is 336 g/mol. The average molecular weight is 336 g/mol. The molecule has 1 aromatic heterocycles. The van der Waals surface area contributed by atoms with E-state index < -0.39 is 17.6 Å². The van der Waals surface area contributed by atoms with Crippen LogP contribution in [0.1, 0.15) is 30.7 Å². The van der Waals surface area contributed by atoms with E-state index in [0.29, 0.717) is 11.1 Å². The molecule has 6 heteroatoms. The van der Waals surface area contributed by atoms with Crippen LogP contribution in [-0.4, -0.2) is 4.98 Å². The minimum absolute atomic E-state index is 0.00678. The zero-order valence-corrected chi connectivity index (χ0v) is 13.3. The lowest BCUT2D eigenvalue weighted by Crippen LogP contribution is -2.08. The first kappa shape index (κ1) is 17.7. The summed E-state index contributed by atoms with van der Waals surface area (Å²) in [7, 11) is 0. The first-order valence-corrected chi connectivity index (χ1v) is 7.02. The Bertz CT molecular complexity index is 836. The van der Waals surface area contributed by atoms with Crippen molar-refractivity contribution in [3.05, 3.63) is 60.1 Å². The van der Waals surface area contributed by atoms with Gasteiger partial charge in [-0.05, 0) is 37.1 Å². The second kappa shape index (κ2) is 6.11. The quantitative estimate of drug-likeness (QED) is 0.746. The van der Waals surface area contributed by atoms with Crippen molar-refractivity contribution in [2.45, 2.75) is 20.0 Å². The highest BCUT2D eigenvalue weighted by Gasteiger charge is 2.31. The Hall–Kier alpha value is -2.63. The molecule has 2 rings (SSSR count). The van der Waals surface area contributed by atoms with Crippen molar-refractivity contribution >= 4 is 16.8 Å². The van der Waals surface area contributed by atoms with Gasteiger partial charge in [0, 0.05) is 11.1 Å². The van der Waals surface area contributed by atoms with Crippen LogP contribution < -0.4 is 5.73 Å². The molecule has 0 saturated carbocycles. The number of alkyl halides is 3. The SMILES string of the molecule is C=C(C)c1nc(-c2cccc(C(F)(F)F)c2)c(F)c(C(=C)C)c1N. The highest BCUT2D eigenvalue weighted by molar-refractivity contribution is 5.84. The average Bonchev–Trinajstić information content (AvgIpc) is 2.46. The summed E-state index contributed by atoms with van der Waals surface area (Å²) < 4.78 is 53.5. The lowest BCUT2D eigenvalue weighted by molar-refractivity contribution is -0.137. The number of hydrogen-bond donors (Lipinski definition) is 1. The molecule has 126 valence electrons. The number of benzene rings is 1. The Kier molecular flexibility index (Phi) is 4.51. The molecule has 2 N–H and O–H groups in total.